The van der Waals surface area contributed by atoms with E-state index in [1.807, 2.05) is 43.0 Å². The van der Waals surface area contributed by atoms with Gasteiger partial charge in [0, 0.05) is 43.8 Å². The lowest BCUT2D eigenvalue weighted by Crippen LogP contribution is -2.41. The summed E-state index contributed by atoms with van der Waals surface area (Å²) in [6, 6.07) is 0.344. The molecule has 1 atom stereocenters. The third-order valence-electron chi connectivity index (χ3n) is 4.68. The van der Waals surface area contributed by atoms with Gasteiger partial charge in [0.2, 0.25) is 5.91 Å². The van der Waals surface area contributed by atoms with E-state index in [0.717, 1.165) is 42.9 Å². The Kier molecular flexibility index (Phi) is 4.00. The van der Waals surface area contributed by atoms with Crippen LogP contribution in [0.2, 0.25) is 0 Å². The first-order chi connectivity index (χ1) is 10.6. The molecule has 118 valence electrons. The van der Waals surface area contributed by atoms with Crippen molar-refractivity contribution in [2.24, 2.45) is 7.05 Å². The molecule has 1 fully saturated rings. The van der Waals surface area contributed by atoms with Gasteiger partial charge in [0.15, 0.2) is 0 Å². The summed E-state index contributed by atoms with van der Waals surface area (Å²) in [5.74, 6) is 0.198. The van der Waals surface area contributed by atoms with Crippen molar-refractivity contribution in [3.05, 3.63) is 35.7 Å². The number of imidazole rings is 1. The van der Waals surface area contributed by atoms with Gasteiger partial charge < -0.3 is 9.47 Å². The van der Waals surface area contributed by atoms with Gasteiger partial charge in [0.1, 0.15) is 0 Å². The van der Waals surface area contributed by atoms with E-state index in [0.29, 0.717) is 12.5 Å². The van der Waals surface area contributed by atoms with Gasteiger partial charge in [0.05, 0.1) is 24.5 Å². The van der Waals surface area contributed by atoms with Gasteiger partial charge in [-0.3, -0.25) is 9.48 Å². The molecule has 1 saturated heterocycles. The molecule has 1 aliphatic heterocycles. The SMILES string of the molecule is Cc1nn(C)c(C)c1CC(=O)N1CCC[C@@H](n2ccnc2)C1. The quantitative estimate of drug-likeness (QED) is 0.866. The Hall–Kier alpha value is -2.11. The molecule has 2 aromatic rings. The summed E-state index contributed by atoms with van der Waals surface area (Å²) >= 11 is 0. The van der Waals surface area contributed by atoms with E-state index in [1.54, 1.807) is 6.20 Å². The smallest absolute Gasteiger partial charge is 0.227 e. The molecular formula is C16H23N5O. The van der Waals surface area contributed by atoms with Crippen LogP contribution < -0.4 is 0 Å². The molecule has 22 heavy (non-hydrogen) atoms. The average Bonchev–Trinajstić information content (AvgIpc) is 3.12. The lowest BCUT2D eigenvalue weighted by Gasteiger charge is -2.33. The second-order valence-corrected chi connectivity index (χ2v) is 6.10. The zero-order chi connectivity index (χ0) is 15.7. The molecule has 3 rings (SSSR count). The fourth-order valence-corrected chi connectivity index (χ4v) is 3.25. The predicted molar refractivity (Wildman–Crippen MR) is 83.5 cm³/mol. The summed E-state index contributed by atoms with van der Waals surface area (Å²) in [6.45, 7) is 5.61. The van der Waals surface area contributed by atoms with Crippen molar-refractivity contribution in [2.45, 2.75) is 39.2 Å². The van der Waals surface area contributed by atoms with Crippen LogP contribution in [-0.4, -0.2) is 43.2 Å². The Bertz CT molecular complexity index is 658. The molecule has 1 aliphatic rings. The van der Waals surface area contributed by atoms with E-state index in [4.69, 9.17) is 0 Å². The van der Waals surface area contributed by atoms with Crippen LogP contribution >= 0.6 is 0 Å². The number of rotatable bonds is 3. The summed E-state index contributed by atoms with van der Waals surface area (Å²) in [5.41, 5.74) is 3.10. The van der Waals surface area contributed by atoms with Crippen LogP contribution in [0.4, 0.5) is 0 Å². The molecule has 0 spiro atoms. The standard InChI is InChI=1S/C16H23N5O/c1-12-15(13(2)19(3)18-12)9-16(22)20-7-4-5-14(10-20)21-8-6-17-11-21/h6,8,11,14H,4-5,7,9-10H2,1-3H3/t14-/m1/s1. The van der Waals surface area contributed by atoms with Crippen molar-refractivity contribution in [1.82, 2.24) is 24.2 Å². The van der Waals surface area contributed by atoms with Crippen molar-refractivity contribution in [3.8, 4) is 0 Å². The first-order valence-corrected chi connectivity index (χ1v) is 7.80. The summed E-state index contributed by atoms with van der Waals surface area (Å²) in [6.07, 6.45) is 8.21. The molecule has 6 nitrogen and oxygen atoms in total. The molecular weight excluding hydrogens is 278 g/mol. The molecule has 0 unspecified atom stereocenters. The zero-order valence-corrected chi connectivity index (χ0v) is 13.5. The van der Waals surface area contributed by atoms with Gasteiger partial charge in [-0.15, -0.1) is 0 Å². The van der Waals surface area contributed by atoms with Gasteiger partial charge in [-0.1, -0.05) is 0 Å². The second-order valence-electron chi connectivity index (χ2n) is 6.10. The van der Waals surface area contributed by atoms with E-state index in [-0.39, 0.29) is 5.91 Å². The van der Waals surface area contributed by atoms with E-state index >= 15 is 0 Å². The van der Waals surface area contributed by atoms with Crippen molar-refractivity contribution in [3.63, 3.8) is 0 Å². The Morgan fingerprint density at radius 2 is 2.23 bits per heavy atom. The highest BCUT2D eigenvalue weighted by Crippen LogP contribution is 2.22. The molecule has 0 N–H and O–H groups in total. The molecule has 1 amide bonds. The Morgan fingerprint density at radius 3 is 2.86 bits per heavy atom. The monoisotopic (exact) mass is 301 g/mol. The third-order valence-corrected chi connectivity index (χ3v) is 4.68. The highest BCUT2D eigenvalue weighted by molar-refractivity contribution is 5.79. The lowest BCUT2D eigenvalue weighted by molar-refractivity contribution is -0.132. The van der Waals surface area contributed by atoms with E-state index in [1.165, 1.54) is 0 Å². The van der Waals surface area contributed by atoms with Crippen molar-refractivity contribution in [1.29, 1.82) is 0 Å². The first-order valence-electron chi connectivity index (χ1n) is 7.80. The Labute approximate surface area is 130 Å². The molecule has 0 saturated carbocycles. The van der Waals surface area contributed by atoms with E-state index < -0.39 is 0 Å². The summed E-state index contributed by atoms with van der Waals surface area (Å²) in [5, 5.41) is 4.40. The number of carbonyl (C=O) groups is 1. The Morgan fingerprint density at radius 1 is 1.41 bits per heavy atom. The fraction of sp³-hybridized carbons (Fsp3) is 0.562. The first kappa shape index (κ1) is 14.8. The minimum Gasteiger partial charge on any atom is -0.340 e. The molecule has 6 heteroatoms. The number of carbonyl (C=O) groups excluding carboxylic acids is 1. The highest BCUT2D eigenvalue weighted by Gasteiger charge is 2.25. The number of hydrogen-bond donors (Lipinski definition) is 0. The van der Waals surface area contributed by atoms with Gasteiger partial charge in [0.25, 0.3) is 0 Å². The minimum absolute atomic E-state index is 0.198. The van der Waals surface area contributed by atoms with Gasteiger partial charge in [-0.2, -0.15) is 5.10 Å². The molecule has 3 heterocycles. The van der Waals surface area contributed by atoms with Crippen molar-refractivity contribution < 1.29 is 4.79 Å². The fourth-order valence-electron chi connectivity index (χ4n) is 3.25. The van der Waals surface area contributed by atoms with Gasteiger partial charge in [-0.25, -0.2) is 4.98 Å². The maximum Gasteiger partial charge on any atom is 0.227 e. The number of amides is 1. The van der Waals surface area contributed by atoms with Crippen LogP contribution in [0.5, 0.6) is 0 Å². The maximum absolute atomic E-state index is 12.7. The van der Waals surface area contributed by atoms with Crippen LogP contribution in [0.25, 0.3) is 0 Å². The van der Waals surface area contributed by atoms with Crippen LogP contribution in [0.15, 0.2) is 18.7 Å². The summed E-state index contributed by atoms with van der Waals surface area (Å²) in [7, 11) is 1.92. The van der Waals surface area contributed by atoms with Crippen LogP contribution in [0.3, 0.4) is 0 Å². The topological polar surface area (TPSA) is 56.0 Å². The predicted octanol–water partition coefficient (Wildman–Crippen LogP) is 1.64. The van der Waals surface area contributed by atoms with E-state index in [2.05, 4.69) is 14.6 Å². The number of aromatic nitrogens is 4. The number of piperidine rings is 1. The zero-order valence-electron chi connectivity index (χ0n) is 13.5. The lowest BCUT2D eigenvalue weighted by atomic mass is 10.0. The average molecular weight is 301 g/mol. The number of likely N-dealkylation sites (tertiary alicyclic amines) is 1. The maximum atomic E-state index is 12.7. The number of aryl methyl sites for hydroxylation is 2. The molecule has 0 radical (unpaired) electrons. The molecule has 0 aromatic carbocycles. The normalized spacial score (nSPS) is 18.7. The van der Waals surface area contributed by atoms with Gasteiger partial charge >= 0.3 is 0 Å². The largest absolute Gasteiger partial charge is 0.340 e. The van der Waals surface area contributed by atoms with E-state index in [9.17, 15) is 4.79 Å². The van der Waals surface area contributed by atoms with Crippen LogP contribution in [0, 0.1) is 13.8 Å². The summed E-state index contributed by atoms with van der Waals surface area (Å²) < 4.78 is 3.96. The number of nitrogens with zero attached hydrogens (tertiary/aromatic N) is 5. The molecule has 0 bridgehead atoms. The highest BCUT2D eigenvalue weighted by atomic mass is 16.2. The van der Waals surface area contributed by atoms with Crippen LogP contribution in [0.1, 0.15) is 35.8 Å². The number of hydrogen-bond acceptors (Lipinski definition) is 3. The van der Waals surface area contributed by atoms with Gasteiger partial charge in [-0.05, 0) is 26.7 Å². The Balaban J connectivity index is 1.69. The second kappa shape index (κ2) is 5.94. The van der Waals surface area contributed by atoms with Crippen molar-refractivity contribution in [2.75, 3.05) is 13.1 Å². The molecule has 0 aliphatic carbocycles. The van der Waals surface area contributed by atoms with Crippen molar-refractivity contribution >= 4 is 5.91 Å². The summed E-state index contributed by atoms with van der Waals surface area (Å²) in [4.78, 5) is 18.8. The van der Waals surface area contributed by atoms with Crippen LogP contribution in [-0.2, 0) is 18.3 Å². The third kappa shape index (κ3) is 2.77. The minimum atomic E-state index is 0.198. The molecule has 2 aromatic heterocycles.